The quantitative estimate of drug-likeness (QED) is 0.830. The minimum absolute atomic E-state index is 0.108. The highest BCUT2D eigenvalue weighted by Gasteiger charge is 2.31. The van der Waals surface area contributed by atoms with Crippen LogP contribution < -0.4 is 0 Å². The number of piperidine rings is 1. The molecule has 1 aromatic carbocycles. The number of nitrogens with zero attached hydrogens (tertiary/aromatic N) is 2. The van der Waals surface area contributed by atoms with Crippen molar-refractivity contribution >= 4 is 17.5 Å². The number of morpholine rings is 1. The zero-order valence-electron chi connectivity index (χ0n) is 13.3. The van der Waals surface area contributed by atoms with Crippen LogP contribution in [0.2, 0.25) is 5.02 Å². The zero-order valence-corrected chi connectivity index (χ0v) is 14.1. The SMILES string of the molecule is C[C@H]1COCCN1C1CCN(C(=O)c2ccc(F)cc2Cl)CC1. The summed E-state index contributed by atoms with van der Waals surface area (Å²) in [7, 11) is 0. The molecular formula is C17H22ClFN2O2. The molecule has 1 atom stereocenters. The lowest BCUT2D eigenvalue weighted by atomic mass is 10.00. The highest BCUT2D eigenvalue weighted by molar-refractivity contribution is 6.33. The van der Waals surface area contributed by atoms with Crippen molar-refractivity contribution < 1.29 is 13.9 Å². The summed E-state index contributed by atoms with van der Waals surface area (Å²) in [6.07, 6.45) is 1.91. The Morgan fingerprint density at radius 1 is 1.30 bits per heavy atom. The minimum atomic E-state index is -0.424. The predicted octanol–water partition coefficient (Wildman–Crippen LogP) is 2.80. The summed E-state index contributed by atoms with van der Waals surface area (Å²) < 4.78 is 18.6. The molecule has 0 aliphatic carbocycles. The second-order valence-electron chi connectivity index (χ2n) is 6.31. The molecule has 2 aliphatic heterocycles. The van der Waals surface area contributed by atoms with E-state index < -0.39 is 5.82 Å². The third kappa shape index (κ3) is 3.67. The van der Waals surface area contributed by atoms with Crippen LogP contribution in [0.5, 0.6) is 0 Å². The second kappa shape index (κ2) is 7.16. The Balaban J connectivity index is 1.61. The Hall–Kier alpha value is -1.17. The standard InChI is InChI=1S/C17H22ClFN2O2/c1-12-11-23-9-8-21(12)14-4-6-20(7-5-14)17(22)15-3-2-13(19)10-16(15)18/h2-3,10,12,14H,4-9,11H2,1H3/t12-/m0/s1. The van der Waals surface area contributed by atoms with Gasteiger partial charge in [-0.2, -0.15) is 0 Å². The van der Waals surface area contributed by atoms with Crippen LogP contribution in [0.4, 0.5) is 4.39 Å². The lowest BCUT2D eigenvalue weighted by Crippen LogP contribution is -2.53. The van der Waals surface area contributed by atoms with E-state index in [0.717, 1.165) is 32.6 Å². The number of benzene rings is 1. The molecule has 0 radical (unpaired) electrons. The first-order valence-electron chi connectivity index (χ1n) is 8.14. The van der Waals surface area contributed by atoms with Gasteiger partial charge in [0.25, 0.3) is 5.91 Å². The van der Waals surface area contributed by atoms with E-state index in [2.05, 4.69) is 11.8 Å². The van der Waals surface area contributed by atoms with Crippen molar-refractivity contribution in [2.75, 3.05) is 32.8 Å². The van der Waals surface area contributed by atoms with Gasteiger partial charge in [0.05, 0.1) is 23.8 Å². The molecule has 2 heterocycles. The van der Waals surface area contributed by atoms with Gasteiger partial charge in [-0.15, -0.1) is 0 Å². The number of amides is 1. The van der Waals surface area contributed by atoms with E-state index in [1.54, 1.807) is 0 Å². The molecule has 126 valence electrons. The number of carbonyl (C=O) groups is 1. The fourth-order valence-electron chi connectivity index (χ4n) is 3.52. The molecule has 4 nitrogen and oxygen atoms in total. The van der Waals surface area contributed by atoms with Crippen molar-refractivity contribution in [1.29, 1.82) is 0 Å². The molecule has 0 N–H and O–H groups in total. The Labute approximate surface area is 141 Å². The van der Waals surface area contributed by atoms with Gasteiger partial charge in [0.1, 0.15) is 5.82 Å². The first-order chi connectivity index (χ1) is 11.1. The molecule has 0 bridgehead atoms. The van der Waals surface area contributed by atoms with Gasteiger partial charge in [0, 0.05) is 31.7 Å². The topological polar surface area (TPSA) is 32.8 Å². The Morgan fingerprint density at radius 3 is 2.70 bits per heavy atom. The maximum Gasteiger partial charge on any atom is 0.255 e. The first-order valence-corrected chi connectivity index (χ1v) is 8.52. The second-order valence-corrected chi connectivity index (χ2v) is 6.72. The third-order valence-corrected chi connectivity index (χ3v) is 5.11. The molecule has 0 spiro atoms. The summed E-state index contributed by atoms with van der Waals surface area (Å²) in [5.41, 5.74) is 0.381. The van der Waals surface area contributed by atoms with Crippen LogP contribution >= 0.6 is 11.6 Å². The van der Waals surface area contributed by atoms with Gasteiger partial charge in [-0.1, -0.05) is 11.6 Å². The number of hydrogen-bond acceptors (Lipinski definition) is 3. The Morgan fingerprint density at radius 2 is 2.04 bits per heavy atom. The molecule has 6 heteroatoms. The summed E-state index contributed by atoms with van der Waals surface area (Å²) in [6, 6.07) is 4.87. The number of hydrogen-bond donors (Lipinski definition) is 0. The summed E-state index contributed by atoms with van der Waals surface area (Å²) in [6.45, 7) is 6.14. The van der Waals surface area contributed by atoms with Crippen molar-refractivity contribution in [1.82, 2.24) is 9.80 Å². The largest absolute Gasteiger partial charge is 0.379 e. The van der Waals surface area contributed by atoms with Crippen molar-refractivity contribution in [3.05, 3.63) is 34.6 Å². The molecule has 0 aromatic heterocycles. The fourth-order valence-corrected chi connectivity index (χ4v) is 3.76. The molecule has 1 amide bonds. The average Bonchev–Trinajstić information content (AvgIpc) is 2.55. The Bertz CT molecular complexity index is 576. The number of ether oxygens (including phenoxy) is 1. The van der Waals surface area contributed by atoms with E-state index in [9.17, 15) is 9.18 Å². The highest BCUT2D eigenvalue weighted by Crippen LogP contribution is 2.24. The van der Waals surface area contributed by atoms with E-state index in [1.807, 2.05) is 4.90 Å². The van der Waals surface area contributed by atoms with E-state index in [4.69, 9.17) is 16.3 Å². The van der Waals surface area contributed by atoms with Gasteiger partial charge < -0.3 is 9.64 Å². The van der Waals surface area contributed by atoms with Crippen molar-refractivity contribution in [2.24, 2.45) is 0 Å². The van der Waals surface area contributed by atoms with Gasteiger partial charge in [-0.05, 0) is 38.0 Å². The normalized spacial score (nSPS) is 24.0. The maximum absolute atomic E-state index is 13.1. The van der Waals surface area contributed by atoms with Crippen LogP contribution in [0.15, 0.2) is 18.2 Å². The van der Waals surface area contributed by atoms with E-state index >= 15 is 0 Å². The molecule has 0 saturated carbocycles. The van der Waals surface area contributed by atoms with Crippen molar-refractivity contribution in [3.8, 4) is 0 Å². The van der Waals surface area contributed by atoms with Crippen molar-refractivity contribution in [3.63, 3.8) is 0 Å². The first kappa shape index (κ1) is 16.7. The van der Waals surface area contributed by atoms with Crippen molar-refractivity contribution in [2.45, 2.75) is 31.8 Å². The monoisotopic (exact) mass is 340 g/mol. The highest BCUT2D eigenvalue weighted by atomic mass is 35.5. The molecule has 1 aromatic rings. The molecule has 23 heavy (non-hydrogen) atoms. The summed E-state index contributed by atoms with van der Waals surface area (Å²) in [5, 5.41) is 0.180. The van der Waals surface area contributed by atoms with Gasteiger partial charge in [0.15, 0.2) is 0 Å². The summed E-state index contributed by atoms with van der Waals surface area (Å²) >= 11 is 6.00. The van der Waals surface area contributed by atoms with Crippen LogP contribution in [0, 0.1) is 5.82 Å². The smallest absolute Gasteiger partial charge is 0.255 e. The number of carbonyl (C=O) groups excluding carboxylic acids is 1. The fraction of sp³-hybridized carbons (Fsp3) is 0.588. The third-order valence-electron chi connectivity index (χ3n) is 4.80. The average molecular weight is 341 g/mol. The molecule has 3 rings (SSSR count). The number of rotatable bonds is 2. The Kier molecular flexibility index (Phi) is 5.19. The molecule has 2 aliphatic rings. The molecule has 2 fully saturated rings. The van der Waals surface area contributed by atoms with Crippen LogP contribution in [0.1, 0.15) is 30.1 Å². The van der Waals surface area contributed by atoms with Crippen LogP contribution in [-0.4, -0.2) is 60.6 Å². The molecule has 2 saturated heterocycles. The molecule has 0 unspecified atom stereocenters. The van der Waals surface area contributed by atoms with E-state index in [1.165, 1.54) is 18.2 Å². The maximum atomic E-state index is 13.1. The van der Waals surface area contributed by atoms with Crippen LogP contribution in [-0.2, 0) is 4.74 Å². The minimum Gasteiger partial charge on any atom is -0.379 e. The van der Waals surface area contributed by atoms with Crippen LogP contribution in [0.3, 0.4) is 0 Å². The predicted molar refractivity (Wildman–Crippen MR) is 87.3 cm³/mol. The van der Waals surface area contributed by atoms with Gasteiger partial charge in [-0.3, -0.25) is 9.69 Å². The van der Waals surface area contributed by atoms with Gasteiger partial charge >= 0.3 is 0 Å². The number of halogens is 2. The van der Waals surface area contributed by atoms with Gasteiger partial charge in [0.2, 0.25) is 0 Å². The lowest BCUT2D eigenvalue weighted by molar-refractivity contribution is -0.0335. The number of likely N-dealkylation sites (tertiary alicyclic amines) is 1. The summed E-state index contributed by atoms with van der Waals surface area (Å²) in [5.74, 6) is -0.532. The molecular weight excluding hydrogens is 319 g/mol. The van der Waals surface area contributed by atoms with E-state index in [0.29, 0.717) is 30.7 Å². The van der Waals surface area contributed by atoms with Gasteiger partial charge in [-0.25, -0.2) is 4.39 Å². The zero-order chi connectivity index (χ0) is 16.4. The lowest BCUT2D eigenvalue weighted by Gasteiger charge is -2.43. The van der Waals surface area contributed by atoms with E-state index in [-0.39, 0.29) is 10.9 Å². The summed E-state index contributed by atoms with van der Waals surface area (Å²) in [4.78, 5) is 16.9. The van der Waals surface area contributed by atoms with Crippen LogP contribution in [0.25, 0.3) is 0 Å².